The number of carbonyl (C=O) groups excluding carboxylic acids is 1. The molecule has 0 spiro atoms. The molecule has 0 aliphatic carbocycles. The van der Waals surface area contributed by atoms with Crippen molar-refractivity contribution in [2.24, 2.45) is 0 Å². The van der Waals surface area contributed by atoms with Crippen molar-refractivity contribution in [1.29, 1.82) is 0 Å². The van der Waals surface area contributed by atoms with Gasteiger partial charge in [-0.3, -0.25) is 0 Å². The summed E-state index contributed by atoms with van der Waals surface area (Å²) < 4.78 is 10.8. The molecule has 0 heterocycles. The lowest BCUT2D eigenvalue weighted by molar-refractivity contribution is 0.0376. The summed E-state index contributed by atoms with van der Waals surface area (Å²) in [5, 5.41) is 0. The molecule has 0 saturated heterocycles. The van der Waals surface area contributed by atoms with Gasteiger partial charge >= 0.3 is 5.97 Å². The molecule has 1 rings (SSSR count). The molecule has 0 atom stereocenters. The third-order valence-corrected chi connectivity index (χ3v) is 2.53. The Morgan fingerprint density at radius 3 is 2.22 bits per heavy atom. The Morgan fingerprint density at radius 2 is 1.78 bits per heavy atom. The predicted molar refractivity (Wildman–Crippen MR) is 72.3 cm³/mol. The topological polar surface area (TPSA) is 35.5 Å². The highest BCUT2D eigenvalue weighted by Crippen LogP contribution is 2.23. The van der Waals surface area contributed by atoms with E-state index in [4.69, 9.17) is 9.47 Å². The minimum Gasteiger partial charge on any atom is -0.494 e. The smallest absolute Gasteiger partial charge is 0.338 e. The SMILES string of the molecule is CCCOc1cc(C)c(C(=O)OC(C)C)c(C)c1. The molecule has 1 aromatic rings. The normalized spacial score (nSPS) is 10.6. The fourth-order valence-corrected chi connectivity index (χ4v) is 1.82. The number of benzene rings is 1. The summed E-state index contributed by atoms with van der Waals surface area (Å²) in [5.74, 6) is 0.551. The van der Waals surface area contributed by atoms with E-state index in [0.29, 0.717) is 12.2 Å². The quantitative estimate of drug-likeness (QED) is 0.748. The molecular weight excluding hydrogens is 228 g/mol. The molecule has 0 fully saturated rings. The van der Waals surface area contributed by atoms with Crippen LogP contribution in [0.3, 0.4) is 0 Å². The van der Waals surface area contributed by atoms with Crippen LogP contribution in [0.25, 0.3) is 0 Å². The third-order valence-electron chi connectivity index (χ3n) is 2.53. The zero-order chi connectivity index (χ0) is 13.7. The zero-order valence-corrected chi connectivity index (χ0v) is 11.9. The van der Waals surface area contributed by atoms with Crippen molar-refractivity contribution >= 4 is 5.97 Å². The fraction of sp³-hybridized carbons (Fsp3) is 0.533. The van der Waals surface area contributed by atoms with Crippen molar-refractivity contribution in [3.05, 3.63) is 28.8 Å². The minimum atomic E-state index is -0.262. The van der Waals surface area contributed by atoms with Gasteiger partial charge in [-0.25, -0.2) is 4.79 Å². The first-order chi connectivity index (χ1) is 8.45. The van der Waals surface area contributed by atoms with E-state index < -0.39 is 0 Å². The van der Waals surface area contributed by atoms with Crippen molar-refractivity contribution in [2.45, 2.75) is 47.1 Å². The second-order valence-corrected chi connectivity index (χ2v) is 4.73. The average molecular weight is 250 g/mol. The van der Waals surface area contributed by atoms with Crippen LogP contribution in [-0.2, 0) is 4.74 Å². The molecule has 0 bridgehead atoms. The monoisotopic (exact) mass is 250 g/mol. The van der Waals surface area contributed by atoms with E-state index in [1.54, 1.807) is 0 Å². The van der Waals surface area contributed by atoms with E-state index in [1.807, 2.05) is 39.8 Å². The number of ether oxygens (including phenoxy) is 2. The molecule has 0 N–H and O–H groups in total. The summed E-state index contributed by atoms with van der Waals surface area (Å²) in [7, 11) is 0. The molecule has 0 aliphatic heterocycles. The fourth-order valence-electron chi connectivity index (χ4n) is 1.82. The Balaban J connectivity index is 2.97. The van der Waals surface area contributed by atoms with Crippen LogP contribution < -0.4 is 4.74 Å². The summed E-state index contributed by atoms with van der Waals surface area (Å²) in [5.41, 5.74) is 2.44. The summed E-state index contributed by atoms with van der Waals surface area (Å²) in [6.45, 7) is 10.3. The summed E-state index contributed by atoms with van der Waals surface area (Å²) in [6, 6.07) is 3.78. The Morgan fingerprint density at radius 1 is 1.22 bits per heavy atom. The van der Waals surface area contributed by atoms with Crippen LogP contribution in [-0.4, -0.2) is 18.7 Å². The van der Waals surface area contributed by atoms with Crippen molar-refractivity contribution in [1.82, 2.24) is 0 Å². The highest BCUT2D eigenvalue weighted by molar-refractivity contribution is 5.93. The van der Waals surface area contributed by atoms with Crippen LogP contribution in [0.15, 0.2) is 12.1 Å². The Bertz CT molecular complexity index is 399. The Labute approximate surface area is 109 Å². The van der Waals surface area contributed by atoms with Gasteiger partial charge in [-0.15, -0.1) is 0 Å². The lowest BCUT2D eigenvalue weighted by Crippen LogP contribution is -2.14. The first kappa shape index (κ1) is 14.6. The average Bonchev–Trinajstić information content (AvgIpc) is 2.24. The summed E-state index contributed by atoms with van der Waals surface area (Å²) in [6.07, 6.45) is 0.863. The number of carbonyl (C=O) groups is 1. The molecule has 0 amide bonds. The lowest BCUT2D eigenvalue weighted by atomic mass is 10.0. The van der Waals surface area contributed by atoms with Crippen LogP contribution in [0.4, 0.5) is 0 Å². The Kier molecular flexibility index (Phi) is 5.20. The van der Waals surface area contributed by atoms with Crippen molar-refractivity contribution < 1.29 is 14.3 Å². The van der Waals surface area contributed by atoms with Crippen molar-refractivity contribution in [2.75, 3.05) is 6.61 Å². The van der Waals surface area contributed by atoms with E-state index in [-0.39, 0.29) is 12.1 Å². The van der Waals surface area contributed by atoms with Crippen LogP contribution in [0.5, 0.6) is 5.75 Å². The molecule has 0 aliphatic rings. The van der Waals surface area contributed by atoms with Gasteiger partial charge in [0.2, 0.25) is 0 Å². The first-order valence-electron chi connectivity index (χ1n) is 6.40. The largest absolute Gasteiger partial charge is 0.494 e. The van der Waals surface area contributed by atoms with E-state index in [1.165, 1.54) is 0 Å². The maximum atomic E-state index is 12.0. The van der Waals surface area contributed by atoms with Crippen LogP contribution >= 0.6 is 0 Å². The molecule has 1 aromatic carbocycles. The molecule has 3 heteroatoms. The molecule has 0 unspecified atom stereocenters. The van der Waals surface area contributed by atoms with Crippen LogP contribution in [0.1, 0.15) is 48.7 Å². The second kappa shape index (κ2) is 6.43. The number of esters is 1. The molecule has 3 nitrogen and oxygen atoms in total. The Hall–Kier alpha value is -1.51. The molecule has 0 radical (unpaired) electrons. The minimum absolute atomic E-state index is 0.104. The first-order valence-corrected chi connectivity index (χ1v) is 6.40. The number of aryl methyl sites for hydroxylation is 2. The van der Waals surface area contributed by atoms with Crippen molar-refractivity contribution in [3.8, 4) is 5.75 Å². The van der Waals surface area contributed by atoms with Crippen LogP contribution in [0.2, 0.25) is 0 Å². The molecule has 18 heavy (non-hydrogen) atoms. The van der Waals surface area contributed by atoms with Gasteiger partial charge in [0.25, 0.3) is 0 Å². The predicted octanol–water partition coefficient (Wildman–Crippen LogP) is 3.66. The number of hydrogen-bond donors (Lipinski definition) is 0. The maximum absolute atomic E-state index is 12.0. The number of hydrogen-bond acceptors (Lipinski definition) is 3. The lowest BCUT2D eigenvalue weighted by Gasteiger charge is -2.14. The maximum Gasteiger partial charge on any atom is 0.338 e. The molecule has 0 saturated carbocycles. The van der Waals surface area contributed by atoms with Crippen molar-refractivity contribution in [3.63, 3.8) is 0 Å². The zero-order valence-electron chi connectivity index (χ0n) is 11.9. The van der Waals surface area contributed by atoms with E-state index in [0.717, 1.165) is 23.3 Å². The highest BCUT2D eigenvalue weighted by Gasteiger charge is 2.16. The van der Waals surface area contributed by atoms with Crippen LogP contribution in [0, 0.1) is 13.8 Å². The second-order valence-electron chi connectivity index (χ2n) is 4.73. The molecule has 0 aromatic heterocycles. The van der Waals surface area contributed by atoms with E-state index in [9.17, 15) is 4.79 Å². The molecular formula is C15H22O3. The van der Waals surface area contributed by atoms with Gasteiger partial charge < -0.3 is 9.47 Å². The summed E-state index contributed by atoms with van der Waals surface area (Å²) >= 11 is 0. The van der Waals surface area contributed by atoms with Gasteiger partial charge in [0.15, 0.2) is 0 Å². The van der Waals surface area contributed by atoms with Gasteiger partial charge in [0, 0.05) is 0 Å². The van der Waals surface area contributed by atoms with E-state index in [2.05, 4.69) is 6.92 Å². The summed E-state index contributed by atoms with van der Waals surface area (Å²) in [4.78, 5) is 12.0. The van der Waals surface area contributed by atoms with Gasteiger partial charge in [-0.2, -0.15) is 0 Å². The standard InChI is InChI=1S/C15H22O3/c1-6-7-17-13-8-11(4)14(12(5)9-13)15(16)18-10(2)3/h8-10H,6-7H2,1-5H3. The van der Waals surface area contributed by atoms with E-state index >= 15 is 0 Å². The molecule has 100 valence electrons. The van der Waals surface area contributed by atoms with Gasteiger partial charge in [0.05, 0.1) is 18.3 Å². The highest BCUT2D eigenvalue weighted by atomic mass is 16.5. The van der Waals surface area contributed by atoms with Gasteiger partial charge in [-0.1, -0.05) is 6.92 Å². The van der Waals surface area contributed by atoms with Gasteiger partial charge in [-0.05, 0) is 57.4 Å². The third kappa shape index (κ3) is 3.76. The number of rotatable bonds is 5. The van der Waals surface area contributed by atoms with Gasteiger partial charge in [0.1, 0.15) is 5.75 Å².